The molecule has 0 saturated heterocycles. The molecule has 0 saturated carbocycles. The Labute approximate surface area is 206 Å². The maximum atomic E-state index is 13.2. The third-order valence-electron chi connectivity index (χ3n) is 5.76. The van der Waals surface area contributed by atoms with E-state index >= 15 is 0 Å². The molecule has 1 aliphatic heterocycles. The van der Waals surface area contributed by atoms with Crippen molar-refractivity contribution in [2.45, 2.75) is 25.2 Å². The van der Waals surface area contributed by atoms with E-state index in [9.17, 15) is 9.59 Å². The maximum Gasteiger partial charge on any atom is 0.262 e. The minimum atomic E-state index is -0.162. The van der Waals surface area contributed by atoms with Gasteiger partial charge < -0.3 is 18.8 Å². The molecule has 9 heteroatoms. The van der Waals surface area contributed by atoms with Crippen molar-refractivity contribution in [3.63, 3.8) is 0 Å². The molecule has 0 atom stereocenters. The van der Waals surface area contributed by atoms with E-state index in [-0.39, 0.29) is 23.8 Å². The number of thioether (sulfide) groups is 1. The van der Waals surface area contributed by atoms with Gasteiger partial charge in [-0.05, 0) is 48.9 Å². The van der Waals surface area contributed by atoms with Gasteiger partial charge in [0.05, 0.1) is 29.5 Å². The summed E-state index contributed by atoms with van der Waals surface area (Å²) >= 11 is 1.26. The number of rotatable bonds is 8. The van der Waals surface area contributed by atoms with Gasteiger partial charge in [-0.15, -0.1) is 0 Å². The van der Waals surface area contributed by atoms with Crippen LogP contribution in [0, 0.1) is 0 Å². The Morgan fingerprint density at radius 1 is 1.09 bits per heavy atom. The second kappa shape index (κ2) is 10.3. The summed E-state index contributed by atoms with van der Waals surface area (Å²) in [5, 5.41) is 1.01. The lowest BCUT2D eigenvalue weighted by molar-refractivity contribution is -0.128. The average Bonchev–Trinajstić information content (AvgIpc) is 3.41. The van der Waals surface area contributed by atoms with Gasteiger partial charge in [0.1, 0.15) is 19.0 Å². The van der Waals surface area contributed by atoms with E-state index in [4.69, 9.17) is 13.9 Å². The number of para-hydroxylation sites is 1. The highest BCUT2D eigenvalue weighted by molar-refractivity contribution is 7.99. The highest BCUT2D eigenvalue weighted by Crippen LogP contribution is 2.31. The molecule has 0 bridgehead atoms. The summed E-state index contributed by atoms with van der Waals surface area (Å²) in [7, 11) is 0. The van der Waals surface area contributed by atoms with Crippen LogP contribution in [0.5, 0.6) is 11.5 Å². The molecule has 0 aliphatic carbocycles. The SMILES string of the molecule is CCN(Cc1ccc2c(c1)OCCO2)C(=O)CSc1nc2ccccc2c(=O)n1Cc1ccco1. The number of aromatic nitrogens is 2. The van der Waals surface area contributed by atoms with Gasteiger partial charge in [-0.1, -0.05) is 30.0 Å². The third kappa shape index (κ3) is 5.05. The van der Waals surface area contributed by atoms with E-state index in [2.05, 4.69) is 4.98 Å². The van der Waals surface area contributed by atoms with Crippen LogP contribution in [-0.2, 0) is 17.9 Å². The number of ether oxygens (including phenoxy) is 2. The molecule has 0 fully saturated rings. The van der Waals surface area contributed by atoms with Crippen LogP contribution >= 0.6 is 11.8 Å². The van der Waals surface area contributed by atoms with Crippen LogP contribution in [0.4, 0.5) is 0 Å². The van der Waals surface area contributed by atoms with E-state index in [1.807, 2.05) is 43.3 Å². The predicted octanol–water partition coefficient (Wildman–Crippen LogP) is 3.95. The molecule has 4 aromatic rings. The van der Waals surface area contributed by atoms with Gasteiger partial charge in [-0.3, -0.25) is 14.2 Å². The van der Waals surface area contributed by atoms with E-state index in [1.54, 1.807) is 33.9 Å². The van der Waals surface area contributed by atoms with E-state index in [0.717, 1.165) is 11.3 Å². The molecule has 2 aromatic carbocycles. The van der Waals surface area contributed by atoms with Crippen LogP contribution in [-0.4, -0.2) is 45.9 Å². The van der Waals surface area contributed by atoms with Crippen LogP contribution in [0.25, 0.3) is 10.9 Å². The molecule has 0 spiro atoms. The molecular formula is C26H25N3O5S. The second-order valence-corrected chi connectivity index (χ2v) is 9.00. The van der Waals surface area contributed by atoms with Gasteiger partial charge in [-0.25, -0.2) is 4.98 Å². The highest BCUT2D eigenvalue weighted by Gasteiger charge is 2.19. The summed E-state index contributed by atoms with van der Waals surface area (Å²) in [6.07, 6.45) is 1.57. The molecule has 0 unspecified atom stereocenters. The third-order valence-corrected chi connectivity index (χ3v) is 6.72. The summed E-state index contributed by atoms with van der Waals surface area (Å²) in [4.78, 5) is 32.8. The number of furan rings is 1. The molecule has 0 N–H and O–H groups in total. The molecule has 180 valence electrons. The predicted molar refractivity (Wildman–Crippen MR) is 133 cm³/mol. The Hall–Kier alpha value is -3.72. The van der Waals surface area contributed by atoms with Crippen LogP contribution in [0.15, 0.2) is 75.2 Å². The first-order valence-electron chi connectivity index (χ1n) is 11.4. The number of hydrogen-bond acceptors (Lipinski definition) is 7. The molecule has 0 radical (unpaired) electrons. The first kappa shape index (κ1) is 23.0. The minimum Gasteiger partial charge on any atom is -0.486 e. The highest BCUT2D eigenvalue weighted by atomic mass is 32.2. The molecule has 35 heavy (non-hydrogen) atoms. The van der Waals surface area contributed by atoms with Gasteiger partial charge in [0.15, 0.2) is 16.7 Å². The lowest BCUT2D eigenvalue weighted by Gasteiger charge is -2.23. The first-order chi connectivity index (χ1) is 17.1. The van der Waals surface area contributed by atoms with Gasteiger partial charge in [-0.2, -0.15) is 0 Å². The maximum absolute atomic E-state index is 13.2. The molecule has 1 amide bonds. The number of carbonyl (C=O) groups excluding carboxylic acids is 1. The van der Waals surface area contributed by atoms with Crippen molar-refractivity contribution in [1.29, 1.82) is 0 Å². The standard InChI is InChI=1S/C26H25N3O5S/c1-2-28(15-18-9-10-22-23(14-18)34-13-12-33-22)24(30)17-35-26-27-21-8-4-3-7-20(21)25(31)29(26)16-19-6-5-11-32-19/h3-11,14H,2,12-13,15-17H2,1H3. The topological polar surface area (TPSA) is 86.8 Å². The fourth-order valence-corrected chi connectivity index (χ4v) is 4.86. The molecule has 1 aliphatic rings. The smallest absolute Gasteiger partial charge is 0.262 e. The molecule has 5 rings (SSSR count). The monoisotopic (exact) mass is 491 g/mol. The van der Waals surface area contributed by atoms with Crippen molar-refractivity contribution >= 4 is 28.6 Å². The summed E-state index contributed by atoms with van der Waals surface area (Å²) in [5.41, 5.74) is 1.41. The zero-order valence-electron chi connectivity index (χ0n) is 19.3. The zero-order valence-corrected chi connectivity index (χ0v) is 20.1. The van der Waals surface area contributed by atoms with E-state index in [0.29, 0.717) is 53.9 Å². The van der Waals surface area contributed by atoms with Crippen LogP contribution < -0.4 is 15.0 Å². The van der Waals surface area contributed by atoms with Crippen LogP contribution in [0.3, 0.4) is 0 Å². The van der Waals surface area contributed by atoms with Crippen molar-refractivity contribution < 1.29 is 18.7 Å². The van der Waals surface area contributed by atoms with Crippen molar-refractivity contribution in [3.05, 3.63) is 82.5 Å². The lowest BCUT2D eigenvalue weighted by atomic mass is 10.2. The van der Waals surface area contributed by atoms with Gasteiger partial charge >= 0.3 is 0 Å². The van der Waals surface area contributed by atoms with E-state index < -0.39 is 0 Å². The zero-order chi connectivity index (χ0) is 24.2. The van der Waals surface area contributed by atoms with Crippen LogP contribution in [0.2, 0.25) is 0 Å². The normalized spacial score (nSPS) is 12.6. The first-order valence-corrected chi connectivity index (χ1v) is 12.4. The quantitative estimate of drug-likeness (QED) is 0.272. The summed E-state index contributed by atoms with van der Waals surface area (Å²) in [6, 6.07) is 16.6. The Bertz CT molecular complexity index is 1400. The molecule has 3 heterocycles. The number of amides is 1. The number of carbonyl (C=O) groups is 1. The molecule has 8 nitrogen and oxygen atoms in total. The Balaban J connectivity index is 1.34. The second-order valence-electron chi connectivity index (χ2n) is 8.06. The van der Waals surface area contributed by atoms with Crippen molar-refractivity contribution in [2.24, 2.45) is 0 Å². The molecule has 2 aromatic heterocycles. The van der Waals surface area contributed by atoms with Gasteiger partial charge in [0, 0.05) is 13.1 Å². The van der Waals surface area contributed by atoms with Gasteiger partial charge in [0.25, 0.3) is 5.56 Å². The van der Waals surface area contributed by atoms with Crippen molar-refractivity contribution in [2.75, 3.05) is 25.5 Å². The fraction of sp³-hybridized carbons (Fsp3) is 0.269. The number of nitrogens with zero attached hydrogens (tertiary/aromatic N) is 3. The molecular weight excluding hydrogens is 466 g/mol. The number of benzene rings is 2. The minimum absolute atomic E-state index is 0.0423. The van der Waals surface area contributed by atoms with Crippen molar-refractivity contribution in [3.8, 4) is 11.5 Å². The summed E-state index contributed by atoms with van der Waals surface area (Å²) in [5.74, 6) is 2.18. The number of hydrogen-bond donors (Lipinski definition) is 0. The van der Waals surface area contributed by atoms with Gasteiger partial charge in [0.2, 0.25) is 5.91 Å². The summed E-state index contributed by atoms with van der Waals surface area (Å²) in [6.45, 7) is 4.25. The van der Waals surface area contributed by atoms with E-state index in [1.165, 1.54) is 11.8 Å². The Morgan fingerprint density at radius 2 is 1.91 bits per heavy atom. The Kier molecular flexibility index (Phi) is 6.76. The average molecular weight is 492 g/mol. The van der Waals surface area contributed by atoms with Crippen molar-refractivity contribution in [1.82, 2.24) is 14.5 Å². The van der Waals surface area contributed by atoms with Crippen LogP contribution in [0.1, 0.15) is 18.2 Å². The number of fused-ring (bicyclic) bond motifs is 2. The fourth-order valence-electron chi connectivity index (χ4n) is 3.96. The lowest BCUT2D eigenvalue weighted by Crippen LogP contribution is -2.32. The largest absolute Gasteiger partial charge is 0.486 e. The Morgan fingerprint density at radius 3 is 2.71 bits per heavy atom. The summed E-state index contributed by atoms with van der Waals surface area (Å²) < 4.78 is 18.3.